The lowest BCUT2D eigenvalue weighted by Crippen LogP contribution is -2.20. The third-order valence-electron chi connectivity index (χ3n) is 4.06. The topological polar surface area (TPSA) is 98.2 Å². The maximum absolute atomic E-state index is 12.0. The second kappa shape index (κ2) is 12.8. The fourth-order valence-electron chi connectivity index (χ4n) is 2.52. The van der Waals surface area contributed by atoms with E-state index in [0.717, 1.165) is 15.6 Å². The Morgan fingerprint density at radius 2 is 1.77 bits per heavy atom. The van der Waals surface area contributed by atoms with Crippen molar-refractivity contribution in [3.8, 4) is 17.2 Å². The maximum atomic E-state index is 12.0. The number of carbonyl (C=O) groups is 2. The van der Waals surface area contributed by atoms with E-state index in [9.17, 15) is 9.59 Å². The van der Waals surface area contributed by atoms with Crippen LogP contribution >= 0.6 is 22.6 Å². The van der Waals surface area contributed by atoms with Gasteiger partial charge in [0.15, 0.2) is 11.5 Å². The zero-order chi connectivity index (χ0) is 22.6. The van der Waals surface area contributed by atoms with Crippen LogP contribution in [0.1, 0.15) is 31.7 Å². The molecule has 0 atom stereocenters. The van der Waals surface area contributed by atoms with Crippen LogP contribution in [0.3, 0.4) is 0 Å². The van der Waals surface area contributed by atoms with Crippen molar-refractivity contribution in [2.45, 2.75) is 26.2 Å². The molecule has 0 bridgehead atoms. The van der Waals surface area contributed by atoms with E-state index in [2.05, 4.69) is 38.4 Å². The average molecular weight is 539 g/mol. The number of halogens is 1. The van der Waals surface area contributed by atoms with Crippen molar-refractivity contribution in [2.24, 2.45) is 5.10 Å². The maximum Gasteiger partial charge on any atom is 0.240 e. The van der Waals surface area contributed by atoms with Gasteiger partial charge in [-0.2, -0.15) is 5.10 Å². The quantitative estimate of drug-likeness (QED) is 0.256. The van der Waals surface area contributed by atoms with Gasteiger partial charge in [-0.15, -0.1) is 0 Å². The summed E-state index contributed by atoms with van der Waals surface area (Å²) in [6.45, 7) is 2.63. The third-order valence-corrected chi connectivity index (χ3v) is 4.86. The molecule has 0 aliphatic rings. The summed E-state index contributed by atoms with van der Waals surface area (Å²) in [6.07, 6.45) is 2.47. The summed E-state index contributed by atoms with van der Waals surface area (Å²) in [5.74, 6) is 1.37. The SMILES string of the molecule is CCCOc1c(I)cc(C=NNC(=O)CCC(=O)Nc2ccc(OC)cc2)cc1OC. The van der Waals surface area contributed by atoms with Crippen molar-refractivity contribution >= 4 is 46.3 Å². The number of ether oxygens (including phenoxy) is 3. The van der Waals surface area contributed by atoms with E-state index in [1.165, 1.54) is 6.21 Å². The predicted molar refractivity (Wildman–Crippen MR) is 128 cm³/mol. The summed E-state index contributed by atoms with van der Waals surface area (Å²) in [5.41, 5.74) is 3.82. The van der Waals surface area contributed by atoms with Crippen LogP contribution in [0.15, 0.2) is 41.5 Å². The van der Waals surface area contributed by atoms with Crippen LogP contribution in [0.25, 0.3) is 0 Å². The number of amides is 2. The molecular formula is C22H26IN3O5. The summed E-state index contributed by atoms with van der Waals surface area (Å²) in [4.78, 5) is 24.0. The largest absolute Gasteiger partial charge is 0.497 e. The molecule has 0 aliphatic carbocycles. The predicted octanol–water partition coefficient (Wildman–Crippen LogP) is 3.97. The lowest BCUT2D eigenvalue weighted by Gasteiger charge is -2.12. The molecule has 0 fully saturated rings. The zero-order valence-electron chi connectivity index (χ0n) is 17.7. The standard InChI is InChI=1S/C22H26IN3O5/c1-4-11-31-22-18(23)12-15(13-19(22)30-3)14-24-26-21(28)10-9-20(27)25-16-5-7-17(29-2)8-6-16/h5-8,12-14H,4,9-11H2,1-3H3,(H,25,27)(H,26,28). The van der Waals surface area contributed by atoms with Gasteiger partial charge in [0.1, 0.15) is 5.75 Å². The third kappa shape index (κ3) is 8.08. The fourth-order valence-corrected chi connectivity index (χ4v) is 3.30. The number of rotatable bonds is 11. The Kier molecular flexibility index (Phi) is 10.1. The highest BCUT2D eigenvalue weighted by atomic mass is 127. The molecule has 2 rings (SSSR count). The molecule has 0 saturated carbocycles. The molecule has 0 aliphatic heterocycles. The molecule has 0 spiro atoms. The van der Waals surface area contributed by atoms with E-state index in [0.29, 0.717) is 29.5 Å². The number of hydrazone groups is 1. The van der Waals surface area contributed by atoms with Gasteiger partial charge in [0.2, 0.25) is 11.8 Å². The molecule has 0 heterocycles. The minimum atomic E-state index is -0.356. The Hall–Kier alpha value is -2.82. The van der Waals surface area contributed by atoms with Crippen molar-refractivity contribution in [3.63, 3.8) is 0 Å². The molecule has 2 N–H and O–H groups in total. The zero-order valence-corrected chi connectivity index (χ0v) is 19.9. The molecule has 0 radical (unpaired) electrons. The van der Waals surface area contributed by atoms with E-state index < -0.39 is 0 Å². The summed E-state index contributed by atoms with van der Waals surface area (Å²) >= 11 is 2.17. The van der Waals surface area contributed by atoms with Crippen molar-refractivity contribution in [3.05, 3.63) is 45.5 Å². The van der Waals surface area contributed by atoms with E-state index in [-0.39, 0.29) is 24.7 Å². The molecular weight excluding hydrogens is 513 g/mol. The Balaban J connectivity index is 1.83. The lowest BCUT2D eigenvalue weighted by atomic mass is 10.2. The molecule has 8 nitrogen and oxygen atoms in total. The van der Waals surface area contributed by atoms with Gasteiger partial charge in [0.05, 0.1) is 30.6 Å². The van der Waals surface area contributed by atoms with E-state index in [4.69, 9.17) is 14.2 Å². The normalized spacial score (nSPS) is 10.6. The fraction of sp³-hybridized carbons (Fsp3) is 0.318. The number of nitrogens with one attached hydrogen (secondary N) is 2. The Morgan fingerprint density at radius 1 is 1.06 bits per heavy atom. The number of benzene rings is 2. The molecule has 166 valence electrons. The molecule has 31 heavy (non-hydrogen) atoms. The average Bonchev–Trinajstić information content (AvgIpc) is 2.77. The first-order valence-electron chi connectivity index (χ1n) is 9.73. The first kappa shape index (κ1) is 24.4. The number of methoxy groups -OCH3 is 2. The van der Waals surface area contributed by atoms with Gasteiger partial charge in [-0.3, -0.25) is 9.59 Å². The van der Waals surface area contributed by atoms with Crippen LogP contribution in [0.4, 0.5) is 5.69 Å². The van der Waals surface area contributed by atoms with Gasteiger partial charge in [-0.05, 0) is 71.0 Å². The van der Waals surface area contributed by atoms with Gasteiger partial charge < -0.3 is 19.5 Å². The second-order valence-corrected chi connectivity index (χ2v) is 7.61. The molecule has 2 amide bonds. The highest BCUT2D eigenvalue weighted by Crippen LogP contribution is 2.33. The minimum Gasteiger partial charge on any atom is -0.497 e. The van der Waals surface area contributed by atoms with E-state index in [1.807, 2.05) is 13.0 Å². The van der Waals surface area contributed by atoms with Crippen molar-refractivity contribution < 1.29 is 23.8 Å². The molecule has 0 aromatic heterocycles. The molecule has 2 aromatic carbocycles. The molecule has 9 heteroatoms. The monoisotopic (exact) mass is 539 g/mol. The first-order chi connectivity index (χ1) is 15.0. The van der Waals surface area contributed by atoms with Gasteiger partial charge >= 0.3 is 0 Å². The van der Waals surface area contributed by atoms with Crippen LogP contribution < -0.4 is 25.0 Å². The Labute approximate surface area is 195 Å². The van der Waals surface area contributed by atoms with Crippen LogP contribution in [0, 0.1) is 3.57 Å². The van der Waals surface area contributed by atoms with Gasteiger partial charge in [-0.1, -0.05) is 6.92 Å². The summed E-state index contributed by atoms with van der Waals surface area (Å²) in [6, 6.07) is 10.6. The number of anilines is 1. The van der Waals surface area contributed by atoms with Gasteiger partial charge in [0, 0.05) is 18.5 Å². The molecule has 2 aromatic rings. The van der Waals surface area contributed by atoms with E-state index in [1.54, 1.807) is 44.6 Å². The minimum absolute atomic E-state index is 0.0178. The number of hydrogen-bond donors (Lipinski definition) is 2. The number of carbonyl (C=O) groups excluding carboxylic acids is 2. The Morgan fingerprint density at radius 3 is 2.42 bits per heavy atom. The second-order valence-electron chi connectivity index (χ2n) is 6.45. The van der Waals surface area contributed by atoms with Crippen molar-refractivity contribution in [2.75, 3.05) is 26.1 Å². The van der Waals surface area contributed by atoms with Crippen LogP contribution in [0.5, 0.6) is 17.2 Å². The smallest absolute Gasteiger partial charge is 0.240 e. The first-order valence-corrected chi connectivity index (χ1v) is 10.8. The number of nitrogens with zero attached hydrogens (tertiary/aromatic N) is 1. The Bertz CT molecular complexity index is 916. The summed E-state index contributed by atoms with van der Waals surface area (Å²) in [5, 5.41) is 6.69. The van der Waals surface area contributed by atoms with Crippen molar-refractivity contribution in [1.82, 2.24) is 5.43 Å². The molecule has 0 unspecified atom stereocenters. The van der Waals surface area contributed by atoms with Crippen molar-refractivity contribution in [1.29, 1.82) is 0 Å². The van der Waals surface area contributed by atoms with Crippen LogP contribution in [0.2, 0.25) is 0 Å². The lowest BCUT2D eigenvalue weighted by molar-refractivity contribution is -0.124. The summed E-state index contributed by atoms with van der Waals surface area (Å²) in [7, 11) is 3.15. The highest BCUT2D eigenvalue weighted by Gasteiger charge is 2.11. The van der Waals surface area contributed by atoms with Gasteiger partial charge in [0.25, 0.3) is 0 Å². The van der Waals surface area contributed by atoms with Crippen LogP contribution in [-0.2, 0) is 9.59 Å². The molecule has 0 saturated heterocycles. The van der Waals surface area contributed by atoms with E-state index >= 15 is 0 Å². The van der Waals surface area contributed by atoms with Crippen LogP contribution in [-0.4, -0.2) is 38.9 Å². The van der Waals surface area contributed by atoms with Gasteiger partial charge in [-0.25, -0.2) is 5.43 Å². The summed E-state index contributed by atoms with van der Waals surface area (Å²) < 4.78 is 17.1. The number of hydrogen-bond acceptors (Lipinski definition) is 6. The highest BCUT2D eigenvalue weighted by molar-refractivity contribution is 14.1.